The quantitative estimate of drug-likeness (QED) is 0.775. The van der Waals surface area contributed by atoms with Gasteiger partial charge >= 0.3 is 0 Å². The standard InChI is InChI=1S/C8H7N3O.BrH/c9-7-3-1-6(2-4-7)8-10-5-12-11-8;/h1-5H,9H2;1H. The Bertz CT molecular complexity index is 357. The molecule has 4 nitrogen and oxygen atoms in total. The van der Waals surface area contributed by atoms with Crippen LogP contribution in [0.4, 0.5) is 5.69 Å². The van der Waals surface area contributed by atoms with E-state index < -0.39 is 0 Å². The van der Waals surface area contributed by atoms with Crippen molar-refractivity contribution in [1.29, 1.82) is 0 Å². The molecule has 0 amide bonds. The molecule has 0 saturated heterocycles. The van der Waals surface area contributed by atoms with Crippen LogP contribution in [-0.2, 0) is 0 Å². The summed E-state index contributed by atoms with van der Waals surface area (Å²) in [7, 11) is 0. The van der Waals surface area contributed by atoms with Gasteiger partial charge in [0.2, 0.25) is 12.2 Å². The first-order chi connectivity index (χ1) is 5.86. The van der Waals surface area contributed by atoms with Crippen molar-refractivity contribution in [3.05, 3.63) is 30.7 Å². The topological polar surface area (TPSA) is 64.9 Å². The largest absolute Gasteiger partial charge is 0.399 e. The van der Waals surface area contributed by atoms with Gasteiger partial charge in [0.1, 0.15) is 0 Å². The molecule has 1 heterocycles. The molecule has 0 atom stereocenters. The lowest BCUT2D eigenvalue weighted by molar-refractivity contribution is 0.419. The summed E-state index contributed by atoms with van der Waals surface area (Å²) in [4.78, 5) is 3.90. The molecule has 0 unspecified atom stereocenters. The fourth-order valence-corrected chi connectivity index (χ4v) is 0.930. The maximum atomic E-state index is 5.52. The second kappa shape index (κ2) is 4.04. The third-order valence-corrected chi connectivity index (χ3v) is 1.53. The first kappa shape index (κ1) is 9.73. The van der Waals surface area contributed by atoms with Gasteiger partial charge in [0, 0.05) is 11.3 Å². The molecule has 0 aliphatic carbocycles. The number of hydrogen-bond donors (Lipinski definition) is 1. The molecule has 0 spiro atoms. The van der Waals surface area contributed by atoms with Crippen LogP contribution >= 0.6 is 17.0 Å². The second-order valence-electron chi connectivity index (χ2n) is 2.38. The highest BCUT2D eigenvalue weighted by Crippen LogP contribution is 2.15. The Balaban J connectivity index is 0.000000845. The van der Waals surface area contributed by atoms with Gasteiger partial charge < -0.3 is 10.3 Å². The first-order valence-electron chi connectivity index (χ1n) is 3.48. The number of benzene rings is 1. The van der Waals surface area contributed by atoms with E-state index in [2.05, 4.69) is 14.7 Å². The molecule has 0 radical (unpaired) electrons. The Hall–Kier alpha value is -1.36. The van der Waals surface area contributed by atoms with E-state index in [0.29, 0.717) is 5.82 Å². The van der Waals surface area contributed by atoms with Crippen molar-refractivity contribution in [2.75, 3.05) is 5.73 Å². The molecule has 0 bridgehead atoms. The molecule has 2 aromatic rings. The van der Waals surface area contributed by atoms with E-state index in [9.17, 15) is 0 Å². The number of anilines is 1. The molecule has 1 aromatic carbocycles. The zero-order valence-corrected chi connectivity index (χ0v) is 8.39. The average molecular weight is 242 g/mol. The monoisotopic (exact) mass is 241 g/mol. The number of rotatable bonds is 1. The molecule has 68 valence electrons. The van der Waals surface area contributed by atoms with Gasteiger partial charge in [-0.15, -0.1) is 17.0 Å². The van der Waals surface area contributed by atoms with E-state index in [4.69, 9.17) is 5.73 Å². The predicted molar refractivity (Wildman–Crippen MR) is 54.5 cm³/mol. The van der Waals surface area contributed by atoms with E-state index in [1.54, 1.807) is 12.1 Å². The second-order valence-corrected chi connectivity index (χ2v) is 2.38. The van der Waals surface area contributed by atoms with Crippen LogP contribution < -0.4 is 5.73 Å². The normalized spacial score (nSPS) is 9.23. The third-order valence-electron chi connectivity index (χ3n) is 1.53. The maximum absolute atomic E-state index is 5.52. The number of hydrogen-bond acceptors (Lipinski definition) is 4. The summed E-state index contributed by atoms with van der Waals surface area (Å²) in [5.74, 6) is 0.579. The van der Waals surface area contributed by atoms with Crippen molar-refractivity contribution in [2.24, 2.45) is 0 Å². The number of nitrogens with zero attached hydrogens (tertiary/aromatic N) is 2. The van der Waals surface area contributed by atoms with Gasteiger partial charge in [-0.3, -0.25) is 0 Å². The van der Waals surface area contributed by atoms with Gasteiger partial charge in [-0.25, -0.2) is 0 Å². The first-order valence-corrected chi connectivity index (χ1v) is 3.48. The van der Waals surface area contributed by atoms with Crippen LogP contribution in [0.2, 0.25) is 0 Å². The zero-order chi connectivity index (χ0) is 8.39. The van der Waals surface area contributed by atoms with Crippen LogP contribution in [0.25, 0.3) is 11.4 Å². The van der Waals surface area contributed by atoms with E-state index in [1.165, 1.54) is 6.39 Å². The molecule has 0 fully saturated rings. The Morgan fingerprint density at radius 2 is 1.85 bits per heavy atom. The molecule has 0 aliphatic heterocycles. The fourth-order valence-electron chi connectivity index (χ4n) is 0.930. The van der Waals surface area contributed by atoms with Gasteiger partial charge in [-0.2, -0.15) is 4.98 Å². The lowest BCUT2D eigenvalue weighted by atomic mass is 10.2. The minimum atomic E-state index is 0. The lowest BCUT2D eigenvalue weighted by Gasteiger charge is -1.93. The zero-order valence-electron chi connectivity index (χ0n) is 6.68. The highest BCUT2D eigenvalue weighted by molar-refractivity contribution is 8.93. The lowest BCUT2D eigenvalue weighted by Crippen LogP contribution is -1.84. The molecule has 5 heteroatoms. The molecule has 0 aliphatic rings. The highest BCUT2D eigenvalue weighted by Gasteiger charge is 2.00. The van der Waals surface area contributed by atoms with Gasteiger partial charge in [-0.1, -0.05) is 5.16 Å². The number of nitrogen functional groups attached to an aromatic ring is 1. The van der Waals surface area contributed by atoms with Crippen LogP contribution in [-0.4, -0.2) is 10.1 Å². The van der Waals surface area contributed by atoms with Crippen LogP contribution in [0.1, 0.15) is 0 Å². The smallest absolute Gasteiger partial charge is 0.214 e. The molecular weight excluding hydrogens is 234 g/mol. The minimum absolute atomic E-state index is 0. The third kappa shape index (κ3) is 2.06. The maximum Gasteiger partial charge on any atom is 0.214 e. The Morgan fingerprint density at radius 3 is 2.38 bits per heavy atom. The minimum Gasteiger partial charge on any atom is -0.399 e. The SMILES string of the molecule is Br.Nc1ccc(-c2ncon2)cc1. The molecule has 0 saturated carbocycles. The molecule has 1 aromatic heterocycles. The Labute approximate surface area is 85.5 Å². The van der Waals surface area contributed by atoms with E-state index >= 15 is 0 Å². The summed E-state index contributed by atoms with van der Waals surface area (Å²) in [6, 6.07) is 7.29. The molecular formula is C8H8BrN3O. The number of nitrogens with two attached hydrogens (primary N) is 1. The van der Waals surface area contributed by atoms with Crippen LogP contribution in [0, 0.1) is 0 Å². The molecule has 2 N–H and O–H groups in total. The van der Waals surface area contributed by atoms with Crippen LogP contribution in [0.3, 0.4) is 0 Å². The van der Waals surface area contributed by atoms with Crippen molar-refractivity contribution >= 4 is 22.7 Å². The highest BCUT2D eigenvalue weighted by atomic mass is 79.9. The summed E-state index contributed by atoms with van der Waals surface area (Å²) in [5, 5.41) is 3.69. The summed E-state index contributed by atoms with van der Waals surface area (Å²) in [6.07, 6.45) is 1.30. The van der Waals surface area contributed by atoms with E-state index in [-0.39, 0.29) is 17.0 Å². The van der Waals surface area contributed by atoms with Crippen molar-refractivity contribution in [3.8, 4) is 11.4 Å². The van der Waals surface area contributed by atoms with Crippen LogP contribution in [0.15, 0.2) is 35.2 Å². The summed E-state index contributed by atoms with van der Waals surface area (Å²) < 4.78 is 4.61. The summed E-state index contributed by atoms with van der Waals surface area (Å²) in [5.41, 5.74) is 7.14. The number of halogens is 1. The van der Waals surface area contributed by atoms with Gasteiger partial charge in [0.25, 0.3) is 0 Å². The van der Waals surface area contributed by atoms with Crippen molar-refractivity contribution in [2.45, 2.75) is 0 Å². The van der Waals surface area contributed by atoms with Crippen molar-refractivity contribution < 1.29 is 4.52 Å². The van der Waals surface area contributed by atoms with E-state index in [1.807, 2.05) is 12.1 Å². The molecule has 13 heavy (non-hydrogen) atoms. The Morgan fingerprint density at radius 1 is 1.15 bits per heavy atom. The van der Waals surface area contributed by atoms with Gasteiger partial charge in [0.15, 0.2) is 0 Å². The van der Waals surface area contributed by atoms with Gasteiger partial charge in [0.05, 0.1) is 0 Å². The molecule has 2 rings (SSSR count). The van der Waals surface area contributed by atoms with Gasteiger partial charge in [-0.05, 0) is 24.3 Å². The average Bonchev–Trinajstić information content (AvgIpc) is 2.58. The summed E-state index contributed by atoms with van der Waals surface area (Å²) >= 11 is 0. The van der Waals surface area contributed by atoms with Crippen molar-refractivity contribution in [3.63, 3.8) is 0 Å². The Kier molecular flexibility index (Phi) is 3.02. The predicted octanol–water partition coefficient (Wildman–Crippen LogP) is 1.90. The van der Waals surface area contributed by atoms with E-state index in [0.717, 1.165) is 11.3 Å². The van der Waals surface area contributed by atoms with Crippen molar-refractivity contribution in [1.82, 2.24) is 10.1 Å². The number of aromatic nitrogens is 2. The summed E-state index contributed by atoms with van der Waals surface area (Å²) in [6.45, 7) is 0. The van der Waals surface area contributed by atoms with Crippen LogP contribution in [0.5, 0.6) is 0 Å². The fraction of sp³-hybridized carbons (Fsp3) is 0.